The van der Waals surface area contributed by atoms with Crippen LogP contribution >= 0.6 is 23.1 Å². The summed E-state index contributed by atoms with van der Waals surface area (Å²) < 4.78 is 8.53. The molecule has 1 N–H and O–H groups in total. The van der Waals surface area contributed by atoms with Gasteiger partial charge in [0.05, 0.1) is 11.7 Å². The van der Waals surface area contributed by atoms with Crippen LogP contribution in [0.5, 0.6) is 0 Å². The smallest absolute Gasteiger partial charge is 0.287 e. The minimum absolute atomic E-state index is 0.207. The third-order valence-electron chi connectivity index (χ3n) is 5.18. The van der Waals surface area contributed by atoms with Gasteiger partial charge in [0, 0.05) is 16.7 Å². The van der Waals surface area contributed by atoms with E-state index in [2.05, 4.69) is 25.6 Å². The summed E-state index contributed by atoms with van der Waals surface area (Å²) in [6, 6.07) is 15.3. The fourth-order valence-corrected chi connectivity index (χ4v) is 5.34. The molecule has 10 heteroatoms. The van der Waals surface area contributed by atoms with Crippen LogP contribution in [0.25, 0.3) is 16.7 Å². The zero-order chi connectivity index (χ0) is 22.8. The zero-order valence-electron chi connectivity index (χ0n) is 17.9. The summed E-state index contributed by atoms with van der Waals surface area (Å²) in [4.78, 5) is 17.2. The summed E-state index contributed by atoms with van der Waals surface area (Å²) in [6.07, 6.45) is 3.14. The van der Waals surface area contributed by atoms with Crippen LogP contribution < -0.4 is 5.32 Å². The molecule has 166 valence electrons. The van der Waals surface area contributed by atoms with Gasteiger partial charge in [-0.15, -0.1) is 10.2 Å². The molecule has 0 bridgehead atoms. The number of aromatic nitrogens is 5. The number of aryl methyl sites for hydroxylation is 1. The summed E-state index contributed by atoms with van der Waals surface area (Å²) in [5.74, 6) is 0.647. The number of rotatable bonds is 7. The molecule has 5 aromatic rings. The number of furan rings is 1. The highest BCUT2D eigenvalue weighted by Gasteiger charge is 2.22. The predicted octanol–water partition coefficient (Wildman–Crippen LogP) is 4.96. The van der Waals surface area contributed by atoms with Crippen molar-refractivity contribution in [2.24, 2.45) is 0 Å². The third-order valence-corrected chi connectivity index (χ3v) is 7.17. The molecule has 2 aromatic carbocycles. The molecule has 1 amide bonds. The number of fused-ring (bicyclic) bond motifs is 1. The van der Waals surface area contributed by atoms with Crippen LogP contribution in [0.2, 0.25) is 0 Å². The molecule has 3 heterocycles. The number of nitrogens with one attached hydrogen (secondary N) is 1. The summed E-state index contributed by atoms with van der Waals surface area (Å²) >= 11 is 3.09. The number of nitrogens with zero attached hydrogens (tertiary/aromatic N) is 5. The Labute approximate surface area is 198 Å². The minimum atomic E-state index is -0.247. The van der Waals surface area contributed by atoms with E-state index in [9.17, 15) is 4.79 Å². The molecular formula is C23H20N6O2S2. The van der Waals surface area contributed by atoms with E-state index in [0.29, 0.717) is 17.1 Å². The largest absolute Gasteiger partial charge is 0.451 e. The van der Waals surface area contributed by atoms with E-state index in [1.165, 1.54) is 17.7 Å². The molecule has 0 saturated heterocycles. The van der Waals surface area contributed by atoms with E-state index < -0.39 is 0 Å². The number of para-hydroxylation sites is 1. The van der Waals surface area contributed by atoms with E-state index in [1.807, 2.05) is 62.4 Å². The number of carbonyl (C=O) groups excluding carboxylic acids is 1. The molecule has 3 aromatic heterocycles. The summed E-state index contributed by atoms with van der Waals surface area (Å²) in [7, 11) is 0. The van der Waals surface area contributed by atoms with Gasteiger partial charge in [-0.05, 0) is 37.6 Å². The van der Waals surface area contributed by atoms with E-state index in [1.54, 1.807) is 22.8 Å². The summed E-state index contributed by atoms with van der Waals surface area (Å²) in [5, 5.41) is 17.3. The molecule has 33 heavy (non-hydrogen) atoms. The maximum Gasteiger partial charge on any atom is 0.287 e. The minimum Gasteiger partial charge on any atom is -0.451 e. The highest BCUT2D eigenvalue weighted by molar-refractivity contribution is 8.00. The first-order valence-corrected chi connectivity index (χ1v) is 12.1. The molecule has 1 atom stereocenters. The lowest BCUT2D eigenvalue weighted by molar-refractivity contribution is 0.0913. The fourth-order valence-electron chi connectivity index (χ4n) is 3.50. The molecule has 8 nitrogen and oxygen atoms in total. The van der Waals surface area contributed by atoms with Crippen LogP contribution in [-0.4, -0.2) is 30.9 Å². The second-order valence-corrected chi connectivity index (χ2v) is 9.81. The Bertz CT molecular complexity index is 1390. The molecule has 5 rings (SSSR count). The lowest BCUT2D eigenvalue weighted by Crippen LogP contribution is -2.27. The molecule has 0 aliphatic heterocycles. The highest BCUT2D eigenvalue weighted by atomic mass is 32.2. The number of hydrogen-bond donors (Lipinski definition) is 1. The van der Waals surface area contributed by atoms with Gasteiger partial charge in [0.1, 0.15) is 23.2 Å². The van der Waals surface area contributed by atoms with Gasteiger partial charge in [0.15, 0.2) is 10.1 Å². The molecule has 0 saturated carbocycles. The maximum atomic E-state index is 13.2. The van der Waals surface area contributed by atoms with Gasteiger partial charge >= 0.3 is 0 Å². The Balaban J connectivity index is 1.36. The van der Waals surface area contributed by atoms with E-state index in [-0.39, 0.29) is 11.9 Å². The molecule has 1 unspecified atom stereocenters. The van der Waals surface area contributed by atoms with Crippen molar-refractivity contribution in [2.75, 3.05) is 0 Å². The van der Waals surface area contributed by atoms with Crippen LogP contribution in [0.3, 0.4) is 0 Å². The first-order valence-electron chi connectivity index (χ1n) is 10.3. The van der Waals surface area contributed by atoms with Gasteiger partial charge in [-0.3, -0.25) is 4.79 Å². The number of carbonyl (C=O) groups is 1. The molecule has 0 aliphatic rings. The van der Waals surface area contributed by atoms with Crippen molar-refractivity contribution < 1.29 is 9.21 Å². The monoisotopic (exact) mass is 476 g/mol. The van der Waals surface area contributed by atoms with Crippen molar-refractivity contribution in [3.63, 3.8) is 0 Å². The molecule has 0 spiro atoms. The van der Waals surface area contributed by atoms with E-state index in [0.717, 1.165) is 31.5 Å². The summed E-state index contributed by atoms with van der Waals surface area (Å²) in [5.41, 5.74) is 3.42. The Kier molecular flexibility index (Phi) is 5.93. The van der Waals surface area contributed by atoms with Crippen LogP contribution in [0.1, 0.15) is 39.7 Å². The predicted molar refractivity (Wildman–Crippen MR) is 128 cm³/mol. The van der Waals surface area contributed by atoms with Gasteiger partial charge in [-0.1, -0.05) is 53.4 Å². The number of thioether (sulfide) groups is 1. The number of amides is 1. The Morgan fingerprint density at radius 1 is 1.18 bits per heavy atom. The Morgan fingerprint density at radius 3 is 2.73 bits per heavy atom. The molecule has 0 fully saturated rings. The fraction of sp³-hybridized carbons (Fsp3) is 0.174. The van der Waals surface area contributed by atoms with E-state index >= 15 is 0 Å². The molecule has 0 aliphatic carbocycles. The van der Waals surface area contributed by atoms with Crippen LogP contribution in [0.15, 0.2) is 69.9 Å². The van der Waals surface area contributed by atoms with Crippen molar-refractivity contribution in [2.45, 2.75) is 30.0 Å². The second kappa shape index (κ2) is 9.16. The van der Waals surface area contributed by atoms with Gasteiger partial charge in [-0.2, -0.15) is 5.10 Å². The Hall–Kier alpha value is -3.50. The Morgan fingerprint density at radius 2 is 2.00 bits per heavy atom. The highest BCUT2D eigenvalue weighted by Crippen LogP contribution is 2.33. The van der Waals surface area contributed by atoms with Gasteiger partial charge < -0.3 is 9.73 Å². The number of hydrogen-bond acceptors (Lipinski definition) is 8. The van der Waals surface area contributed by atoms with Crippen molar-refractivity contribution in [3.05, 3.63) is 83.1 Å². The lowest BCUT2D eigenvalue weighted by atomic mass is 10.1. The van der Waals surface area contributed by atoms with Gasteiger partial charge in [0.2, 0.25) is 0 Å². The van der Waals surface area contributed by atoms with Gasteiger partial charge in [0.25, 0.3) is 5.91 Å². The third kappa shape index (κ3) is 4.53. The zero-order valence-corrected chi connectivity index (χ0v) is 19.6. The second-order valence-electron chi connectivity index (χ2n) is 7.41. The average Bonchev–Trinajstić information content (AvgIpc) is 3.58. The normalized spacial score (nSPS) is 12.2. The summed E-state index contributed by atoms with van der Waals surface area (Å²) in [6.45, 7) is 3.87. The average molecular weight is 477 g/mol. The SMILES string of the molecule is Cc1nnc(SCc2c(C(=O)NC(C)c3ccc(-n4cncn4)cc3)oc3ccccc23)s1. The van der Waals surface area contributed by atoms with Crippen LogP contribution in [0, 0.1) is 6.92 Å². The molecule has 0 radical (unpaired) electrons. The standard InChI is InChI=1S/C23H20N6O2S2/c1-14(16-7-9-17(10-8-16)29-13-24-12-25-29)26-22(30)21-19(11-32-23-28-27-15(2)33-23)18-5-3-4-6-20(18)31-21/h3-10,12-14H,11H2,1-2H3,(H,26,30). The van der Waals surface area contributed by atoms with Crippen molar-refractivity contribution in [3.8, 4) is 5.69 Å². The molecular weight excluding hydrogens is 456 g/mol. The van der Waals surface area contributed by atoms with Crippen molar-refractivity contribution in [1.29, 1.82) is 0 Å². The first kappa shape index (κ1) is 21.4. The lowest BCUT2D eigenvalue weighted by Gasteiger charge is -2.14. The van der Waals surface area contributed by atoms with Crippen molar-refractivity contribution >= 4 is 40.0 Å². The quantitative estimate of drug-likeness (QED) is 0.332. The van der Waals surface area contributed by atoms with Crippen molar-refractivity contribution in [1.82, 2.24) is 30.3 Å². The van der Waals surface area contributed by atoms with E-state index in [4.69, 9.17) is 4.42 Å². The maximum absolute atomic E-state index is 13.2. The van der Waals surface area contributed by atoms with Gasteiger partial charge in [-0.25, -0.2) is 9.67 Å². The number of benzene rings is 2. The van der Waals surface area contributed by atoms with Crippen LogP contribution in [0.4, 0.5) is 0 Å². The first-order chi connectivity index (χ1) is 16.1. The van der Waals surface area contributed by atoms with Crippen LogP contribution in [-0.2, 0) is 5.75 Å². The topological polar surface area (TPSA) is 98.7 Å².